The molecular weight excluding hydrogens is 366 g/mol. The minimum absolute atomic E-state index is 0.215. The molecule has 2 rings (SSSR count). The molecule has 1 amide bonds. The third kappa shape index (κ3) is 7.91. The Labute approximate surface area is 175 Å². The summed E-state index contributed by atoms with van der Waals surface area (Å²) in [6, 6.07) is 5.90. The molecule has 0 unspecified atom stereocenters. The number of rotatable bonds is 6. The number of carbonyl (C=O) groups excluding carboxylic acids is 1. The third-order valence-electron chi connectivity index (χ3n) is 4.88. The summed E-state index contributed by atoms with van der Waals surface area (Å²) < 4.78 is 5.54. The van der Waals surface area contributed by atoms with Crippen molar-refractivity contribution in [2.75, 3.05) is 32.7 Å². The van der Waals surface area contributed by atoms with Crippen LogP contribution in [-0.4, -0.2) is 65.2 Å². The Morgan fingerprint density at radius 3 is 2.59 bits per heavy atom. The topological polar surface area (TPSA) is 70.1 Å². The molecule has 162 valence electrons. The second-order valence-corrected chi connectivity index (χ2v) is 8.44. The molecule has 0 radical (unpaired) electrons. The lowest BCUT2D eigenvalue weighted by molar-refractivity contribution is 0.0214. The molecule has 0 aromatic carbocycles. The molecule has 2 heterocycles. The van der Waals surface area contributed by atoms with Crippen molar-refractivity contribution in [1.82, 2.24) is 20.1 Å². The van der Waals surface area contributed by atoms with Crippen molar-refractivity contribution >= 4 is 12.1 Å². The first-order chi connectivity index (χ1) is 13.8. The summed E-state index contributed by atoms with van der Waals surface area (Å²) in [4.78, 5) is 25.6. The molecule has 0 atom stereocenters. The van der Waals surface area contributed by atoms with E-state index in [0.29, 0.717) is 19.0 Å². The Bertz CT molecular complexity index is 649. The highest BCUT2D eigenvalue weighted by molar-refractivity contribution is 5.80. The van der Waals surface area contributed by atoms with Gasteiger partial charge in [0, 0.05) is 38.9 Å². The van der Waals surface area contributed by atoms with Gasteiger partial charge in [0.1, 0.15) is 5.60 Å². The van der Waals surface area contributed by atoms with Crippen LogP contribution in [0.4, 0.5) is 4.79 Å². The second-order valence-electron chi connectivity index (χ2n) is 8.44. The van der Waals surface area contributed by atoms with Crippen LogP contribution in [0.25, 0.3) is 0 Å². The Morgan fingerprint density at radius 2 is 2.03 bits per heavy atom. The molecule has 29 heavy (non-hydrogen) atoms. The van der Waals surface area contributed by atoms with Crippen molar-refractivity contribution in [3.05, 3.63) is 30.1 Å². The summed E-state index contributed by atoms with van der Waals surface area (Å²) in [6.07, 6.45) is 3.65. The van der Waals surface area contributed by atoms with E-state index >= 15 is 0 Å². The normalized spacial score (nSPS) is 15.9. The van der Waals surface area contributed by atoms with E-state index < -0.39 is 5.60 Å². The van der Waals surface area contributed by atoms with Gasteiger partial charge < -0.3 is 19.9 Å². The van der Waals surface area contributed by atoms with Crippen LogP contribution in [0.1, 0.15) is 53.2 Å². The number of aromatic nitrogens is 1. The molecule has 7 nitrogen and oxygen atoms in total. The third-order valence-corrected chi connectivity index (χ3v) is 4.88. The molecule has 1 N–H and O–H groups in total. The van der Waals surface area contributed by atoms with Crippen LogP contribution in [0.3, 0.4) is 0 Å². The highest BCUT2D eigenvalue weighted by atomic mass is 16.6. The molecule has 1 fully saturated rings. The fourth-order valence-electron chi connectivity index (χ4n) is 3.37. The molecule has 0 saturated carbocycles. The zero-order valence-electron chi connectivity index (χ0n) is 18.6. The Balaban J connectivity index is 1.89. The van der Waals surface area contributed by atoms with Crippen LogP contribution in [0, 0.1) is 5.92 Å². The Hall–Kier alpha value is -2.31. The quantitative estimate of drug-likeness (QED) is 0.581. The van der Waals surface area contributed by atoms with E-state index in [1.807, 2.05) is 50.8 Å². The fourth-order valence-corrected chi connectivity index (χ4v) is 3.37. The SMILES string of the molecule is CCNC(=NCc1ccccn1)N1CCC(CN(CC)C(=O)OC(C)(C)C)CC1. The van der Waals surface area contributed by atoms with Crippen molar-refractivity contribution in [3.63, 3.8) is 0 Å². The monoisotopic (exact) mass is 403 g/mol. The van der Waals surface area contributed by atoms with Gasteiger partial charge >= 0.3 is 6.09 Å². The van der Waals surface area contributed by atoms with Crippen molar-refractivity contribution in [2.24, 2.45) is 10.9 Å². The van der Waals surface area contributed by atoms with E-state index in [-0.39, 0.29) is 6.09 Å². The second kappa shape index (κ2) is 11.0. The highest BCUT2D eigenvalue weighted by Crippen LogP contribution is 2.20. The lowest BCUT2D eigenvalue weighted by atomic mass is 9.96. The van der Waals surface area contributed by atoms with Crippen LogP contribution in [0.15, 0.2) is 29.4 Å². The lowest BCUT2D eigenvalue weighted by Gasteiger charge is -2.36. The van der Waals surface area contributed by atoms with Crippen molar-refractivity contribution in [1.29, 1.82) is 0 Å². The van der Waals surface area contributed by atoms with Crippen LogP contribution in [0.2, 0.25) is 0 Å². The zero-order chi connectivity index (χ0) is 21.3. The molecule has 0 bridgehead atoms. The smallest absolute Gasteiger partial charge is 0.410 e. The highest BCUT2D eigenvalue weighted by Gasteiger charge is 2.27. The van der Waals surface area contributed by atoms with Gasteiger partial charge in [-0.05, 0) is 65.5 Å². The first-order valence-electron chi connectivity index (χ1n) is 10.7. The number of amides is 1. The standard InChI is InChI=1S/C22H37N5O2/c1-6-23-20(25-16-19-10-8-9-13-24-19)27-14-11-18(12-15-27)17-26(7-2)21(28)29-22(3,4)5/h8-10,13,18H,6-7,11-12,14-17H2,1-5H3,(H,23,25). The number of hydrogen-bond acceptors (Lipinski definition) is 4. The maximum atomic E-state index is 12.4. The number of piperidine rings is 1. The van der Waals surface area contributed by atoms with E-state index in [0.717, 1.165) is 50.7 Å². The summed E-state index contributed by atoms with van der Waals surface area (Å²) >= 11 is 0. The zero-order valence-corrected chi connectivity index (χ0v) is 18.6. The van der Waals surface area contributed by atoms with Gasteiger partial charge in [-0.1, -0.05) is 6.07 Å². The molecule has 1 aliphatic heterocycles. The predicted octanol–water partition coefficient (Wildman–Crippen LogP) is 3.52. The maximum absolute atomic E-state index is 12.4. The molecule has 0 aliphatic carbocycles. The first-order valence-corrected chi connectivity index (χ1v) is 10.7. The van der Waals surface area contributed by atoms with Gasteiger partial charge in [0.2, 0.25) is 0 Å². The van der Waals surface area contributed by atoms with Crippen molar-refractivity contribution in [3.8, 4) is 0 Å². The number of guanidine groups is 1. The predicted molar refractivity (Wildman–Crippen MR) is 117 cm³/mol. The molecule has 1 saturated heterocycles. The van der Waals surface area contributed by atoms with Crippen LogP contribution in [-0.2, 0) is 11.3 Å². The maximum Gasteiger partial charge on any atom is 0.410 e. The lowest BCUT2D eigenvalue weighted by Crippen LogP contribution is -2.47. The van der Waals surface area contributed by atoms with Crippen LogP contribution in [0.5, 0.6) is 0 Å². The number of hydrogen-bond donors (Lipinski definition) is 1. The minimum Gasteiger partial charge on any atom is -0.444 e. The average Bonchev–Trinajstić information content (AvgIpc) is 2.69. The largest absolute Gasteiger partial charge is 0.444 e. The number of nitrogens with zero attached hydrogens (tertiary/aromatic N) is 4. The molecule has 1 aromatic heterocycles. The van der Waals surface area contributed by atoms with Gasteiger partial charge in [-0.15, -0.1) is 0 Å². The molecule has 7 heteroatoms. The van der Waals surface area contributed by atoms with Crippen LogP contribution < -0.4 is 5.32 Å². The summed E-state index contributed by atoms with van der Waals surface area (Å²) in [5.74, 6) is 1.42. The van der Waals surface area contributed by atoms with Crippen LogP contribution >= 0.6 is 0 Å². The van der Waals surface area contributed by atoms with Crippen molar-refractivity contribution in [2.45, 2.75) is 59.6 Å². The average molecular weight is 404 g/mol. The van der Waals surface area contributed by atoms with Gasteiger partial charge in [0.05, 0.1) is 12.2 Å². The van der Waals surface area contributed by atoms with Gasteiger partial charge in [-0.2, -0.15) is 0 Å². The van der Waals surface area contributed by atoms with Crippen molar-refractivity contribution < 1.29 is 9.53 Å². The molecule has 0 spiro atoms. The van der Waals surface area contributed by atoms with E-state index in [4.69, 9.17) is 9.73 Å². The number of pyridine rings is 1. The molecule has 1 aromatic rings. The van der Waals surface area contributed by atoms with E-state index in [1.54, 1.807) is 6.20 Å². The number of nitrogens with one attached hydrogen (secondary N) is 1. The Kier molecular flexibility index (Phi) is 8.73. The van der Waals surface area contributed by atoms with Gasteiger partial charge in [-0.3, -0.25) is 4.98 Å². The van der Waals surface area contributed by atoms with E-state index in [2.05, 4.69) is 22.1 Å². The van der Waals surface area contributed by atoms with E-state index in [9.17, 15) is 4.79 Å². The first kappa shape index (κ1) is 23.0. The molecular formula is C22H37N5O2. The summed E-state index contributed by atoms with van der Waals surface area (Å²) in [5, 5.41) is 3.40. The fraction of sp³-hybridized carbons (Fsp3) is 0.682. The number of likely N-dealkylation sites (tertiary alicyclic amines) is 1. The number of carbonyl (C=O) groups is 1. The summed E-state index contributed by atoms with van der Waals surface area (Å²) in [5.41, 5.74) is 0.507. The number of ether oxygens (including phenoxy) is 1. The number of aliphatic imine (C=N–C) groups is 1. The summed E-state index contributed by atoms with van der Waals surface area (Å²) in [7, 11) is 0. The van der Waals surface area contributed by atoms with E-state index in [1.165, 1.54) is 0 Å². The minimum atomic E-state index is -0.460. The Morgan fingerprint density at radius 1 is 1.31 bits per heavy atom. The summed E-state index contributed by atoms with van der Waals surface area (Å²) in [6.45, 7) is 14.5. The van der Waals surface area contributed by atoms with Gasteiger partial charge in [0.25, 0.3) is 0 Å². The van der Waals surface area contributed by atoms with Gasteiger partial charge in [-0.25, -0.2) is 9.79 Å². The van der Waals surface area contributed by atoms with Gasteiger partial charge in [0.15, 0.2) is 5.96 Å². The molecule has 1 aliphatic rings.